The van der Waals surface area contributed by atoms with Crippen LogP contribution in [-0.2, 0) is 27.3 Å². The topological polar surface area (TPSA) is 0 Å². The molecule has 0 N–H and O–H groups in total. The Bertz CT molecular complexity index is 377. The van der Waals surface area contributed by atoms with Gasteiger partial charge in [0.15, 0.2) is 0 Å². The summed E-state index contributed by atoms with van der Waals surface area (Å²) in [6.45, 7) is 6.63. The maximum atomic E-state index is 4.93. The van der Waals surface area contributed by atoms with E-state index in [9.17, 15) is 0 Å². The van der Waals surface area contributed by atoms with Crippen molar-refractivity contribution in [3.8, 4) is 0 Å². The first kappa shape index (κ1) is 20.2. The molecular formula is C17H24Cl2Zr. The Hall–Kier alpha value is 0.163. The summed E-state index contributed by atoms with van der Waals surface area (Å²) in [4.78, 5) is 0. The molecule has 2 aromatic carbocycles. The van der Waals surface area contributed by atoms with Crippen molar-refractivity contribution in [3.63, 3.8) is 0 Å². The average molecular weight is 391 g/mol. The molecule has 110 valence electrons. The van der Waals surface area contributed by atoms with Gasteiger partial charge in [-0.1, -0.05) is 46.0 Å². The van der Waals surface area contributed by atoms with E-state index in [1.54, 1.807) is 0 Å². The number of hydrogen-bond donors (Lipinski definition) is 0. The molecule has 0 aliphatic carbocycles. The zero-order valence-electron chi connectivity index (χ0n) is 12.6. The van der Waals surface area contributed by atoms with E-state index in [1.165, 1.54) is 30.4 Å². The fourth-order valence-electron chi connectivity index (χ4n) is 1.74. The molecule has 0 radical (unpaired) electrons. The maximum absolute atomic E-state index is 4.93. The van der Waals surface area contributed by atoms with Crippen LogP contribution < -0.4 is 0 Å². The second-order valence-corrected chi connectivity index (χ2v) is 8.57. The molecule has 0 nitrogen and oxygen atoms in total. The third-order valence-corrected chi connectivity index (χ3v) is 2.91. The van der Waals surface area contributed by atoms with Crippen molar-refractivity contribution in [2.24, 2.45) is 0 Å². The van der Waals surface area contributed by atoms with Gasteiger partial charge in [0.2, 0.25) is 0 Å². The van der Waals surface area contributed by atoms with Gasteiger partial charge in [-0.2, -0.15) is 35.4 Å². The van der Waals surface area contributed by atoms with Crippen LogP contribution in [0.4, 0.5) is 0 Å². The van der Waals surface area contributed by atoms with Crippen LogP contribution in [-0.4, -0.2) is 0 Å². The number of aryl methyl sites for hydroxylation is 1. The molecule has 0 saturated carbocycles. The summed E-state index contributed by atoms with van der Waals surface area (Å²) in [6.07, 6.45) is 3.87. The molecule has 0 heterocycles. The molecule has 0 amide bonds. The Labute approximate surface area is 142 Å². The molecule has 3 heteroatoms. The molecular weight excluding hydrogens is 366 g/mol. The molecule has 0 aliphatic heterocycles. The van der Waals surface area contributed by atoms with Crippen LogP contribution in [0.25, 0.3) is 0 Å². The second-order valence-electron chi connectivity index (χ2n) is 4.84. The van der Waals surface area contributed by atoms with Crippen LogP contribution in [0.15, 0.2) is 48.5 Å². The minimum atomic E-state index is -0.826. The van der Waals surface area contributed by atoms with Crippen LogP contribution in [0.3, 0.4) is 0 Å². The number of hydrogen-bond acceptors (Lipinski definition) is 0. The van der Waals surface area contributed by atoms with E-state index >= 15 is 0 Å². The first-order valence-electron chi connectivity index (χ1n) is 7.04. The van der Waals surface area contributed by atoms with Gasteiger partial charge in [-0.05, 0) is 0 Å². The SMILES string of the molecule is CC(C)[c-]1cccc1.CCCC[c-]1cccc1.[Cl][Zr+2][Cl]. The quantitative estimate of drug-likeness (QED) is 0.513. The van der Waals surface area contributed by atoms with Gasteiger partial charge < -0.3 is 0 Å². The molecule has 2 rings (SSSR count). The zero-order chi connectivity index (χ0) is 15.2. The van der Waals surface area contributed by atoms with Crippen LogP contribution >= 0.6 is 17.0 Å². The van der Waals surface area contributed by atoms with Crippen molar-refractivity contribution >= 4 is 17.0 Å². The average Bonchev–Trinajstić information content (AvgIpc) is 3.11. The Morgan fingerprint density at radius 3 is 1.75 bits per heavy atom. The number of halogens is 2. The first-order chi connectivity index (χ1) is 9.65. The third-order valence-electron chi connectivity index (χ3n) is 2.91. The van der Waals surface area contributed by atoms with E-state index in [0.29, 0.717) is 5.92 Å². The fourth-order valence-corrected chi connectivity index (χ4v) is 1.74. The van der Waals surface area contributed by atoms with Gasteiger partial charge in [0, 0.05) is 0 Å². The van der Waals surface area contributed by atoms with Gasteiger partial charge in [-0.25, -0.2) is 24.3 Å². The summed E-state index contributed by atoms with van der Waals surface area (Å²) in [5.74, 6) is 0.685. The predicted molar refractivity (Wildman–Crippen MR) is 88.5 cm³/mol. The van der Waals surface area contributed by atoms with Crippen molar-refractivity contribution < 1.29 is 20.8 Å². The van der Waals surface area contributed by atoms with E-state index in [1.807, 2.05) is 0 Å². The van der Waals surface area contributed by atoms with Gasteiger partial charge in [-0.3, -0.25) is 0 Å². The molecule has 0 saturated heterocycles. The summed E-state index contributed by atoms with van der Waals surface area (Å²) in [5.41, 5.74) is 2.92. The number of unbranched alkanes of at least 4 members (excludes halogenated alkanes) is 1. The van der Waals surface area contributed by atoms with Crippen LogP contribution in [0.5, 0.6) is 0 Å². The Balaban J connectivity index is 0.000000304. The van der Waals surface area contributed by atoms with E-state index < -0.39 is 20.8 Å². The van der Waals surface area contributed by atoms with E-state index in [2.05, 4.69) is 69.3 Å². The van der Waals surface area contributed by atoms with Crippen LogP contribution in [0, 0.1) is 0 Å². The predicted octanol–water partition coefficient (Wildman–Crippen LogP) is 6.65. The zero-order valence-corrected chi connectivity index (χ0v) is 16.5. The second kappa shape index (κ2) is 14.1. The summed E-state index contributed by atoms with van der Waals surface area (Å²) in [6, 6.07) is 17.1. The minimum absolute atomic E-state index is 0.685. The molecule has 0 spiro atoms. The van der Waals surface area contributed by atoms with Crippen molar-refractivity contribution in [2.75, 3.05) is 0 Å². The normalized spacial score (nSPS) is 9.10. The van der Waals surface area contributed by atoms with Gasteiger partial charge in [0.25, 0.3) is 0 Å². The molecule has 0 bridgehead atoms. The van der Waals surface area contributed by atoms with Gasteiger partial charge >= 0.3 is 37.9 Å². The molecule has 20 heavy (non-hydrogen) atoms. The van der Waals surface area contributed by atoms with Crippen molar-refractivity contribution in [3.05, 3.63) is 59.7 Å². The fraction of sp³-hybridized carbons (Fsp3) is 0.412. The molecule has 0 unspecified atom stereocenters. The van der Waals surface area contributed by atoms with Crippen molar-refractivity contribution in [2.45, 2.75) is 46.0 Å². The first-order valence-corrected chi connectivity index (χ1v) is 13.4. The van der Waals surface area contributed by atoms with Gasteiger partial charge in [0.05, 0.1) is 0 Å². The summed E-state index contributed by atoms with van der Waals surface area (Å²) in [7, 11) is 9.87. The van der Waals surface area contributed by atoms with Crippen molar-refractivity contribution in [1.82, 2.24) is 0 Å². The van der Waals surface area contributed by atoms with E-state index in [4.69, 9.17) is 17.0 Å². The monoisotopic (exact) mass is 388 g/mol. The van der Waals surface area contributed by atoms with Crippen LogP contribution in [0.2, 0.25) is 0 Å². The third kappa shape index (κ3) is 10.9. The van der Waals surface area contributed by atoms with Gasteiger partial charge in [-0.15, -0.1) is 0 Å². The summed E-state index contributed by atoms with van der Waals surface area (Å²) < 4.78 is 0. The Kier molecular flexibility index (Phi) is 14.2. The molecule has 2 aromatic rings. The summed E-state index contributed by atoms with van der Waals surface area (Å²) in [5, 5.41) is 0. The molecule has 0 atom stereocenters. The molecule has 0 aromatic heterocycles. The van der Waals surface area contributed by atoms with E-state index in [-0.39, 0.29) is 0 Å². The van der Waals surface area contributed by atoms with Crippen molar-refractivity contribution in [1.29, 1.82) is 0 Å². The standard InChI is InChI=1S/C9H13.C8H11.2ClH.Zr/c1-2-3-6-9-7-4-5-8-9;1-7(2)8-5-3-4-6-8;;;/h4-5,7-8H,2-3,6H2,1H3;3-7H,1-2H3;2*1H;/q2*-1;;;+4/p-2. The Morgan fingerprint density at radius 1 is 0.950 bits per heavy atom. The summed E-state index contributed by atoms with van der Waals surface area (Å²) >= 11 is -0.826. The number of rotatable bonds is 4. The van der Waals surface area contributed by atoms with Crippen LogP contribution in [0.1, 0.15) is 50.7 Å². The van der Waals surface area contributed by atoms with E-state index in [0.717, 1.165) is 0 Å². The Morgan fingerprint density at radius 2 is 1.40 bits per heavy atom. The molecule has 0 fully saturated rings. The van der Waals surface area contributed by atoms with Gasteiger partial charge in [0.1, 0.15) is 0 Å². The molecule has 0 aliphatic rings.